The van der Waals surface area contributed by atoms with Crippen LogP contribution in [0.15, 0.2) is 24.3 Å². The molecular weight excluding hydrogens is 227 g/mol. The van der Waals surface area contributed by atoms with Crippen molar-refractivity contribution < 1.29 is 13.2 Å². The molecule has 0 saturated carbocycles. The molecule has 0 amide bonds. The molecule has 0 aliphatic rings. The highest BCUT2D eigenvalue weighted by molar-refractivity contribution is 6.30. The molecule has 1 aromatic rings. The maximum atomic E-state index is 12.5. The monoisotopic (exact) mass is 231 g/mol. The molecule has 1 rings (SSSR count). The standard InChI is InChI=1S/C10H5ClF3N/c11-8-4-3-7(2-1-5-15)9(6-8)10(12,13)14/h1-4,6H. The Morgan fingerprint density at radius 2 is 2.00 bits per heavy atom. The normalized spacial score (nSPS) is 11.7. The summed E-state index contributed by atoms with van der Waals surface area (Å²) in [6.45, 7) is 0. The van der Waals surface area contributed by atoms with Gasteiger partial charge in [-0.05, 0) is 23.8 Å². The van der Waals surface area contributed by atoms with E-state index in [-0.39, 0.29) is 10.6 Å². The first-order chi connectivity index (χ1) is 6.95. The van der Waals surface area contributed by atoms with Gasteiger partial charge in [0, 0.05) is 11.1 Å². The average molecular weight is 232 g/mol. The van der Waals surface area contributed by atoms with Crippen molar-refractivity contribution in [3.05, 3.63) is 40.4 Å². The smallest absolute Gasteiger partial charge is 0.193 e. The number of alkyl halides is 3. The average Bonchev–Trinajstić information content (AvgIpc) is 2.14. The van der Waals surface area contributed by atoms with Crippen LogP contribution in [0, 0.1) is 11.3 Å². The highest BCUT2D eigenvalue weighted by Gasteiger charge is 2.32. The van der Waals surface area contributed by atoms with E-state index in [0.717, 1.165) is 18.2 Å². The second-order valence-electron chi connectivity index (χ2n) is 2.69. The number of nitrogens with zero attached hydrogens (tertiary/aromatic N) is 1. The third-order valence-corrected chi connectivity index (χ3v) is 1.89. The molecule has 0 aliphatic heterocycles. The molecule has 0 aliphatic carbocycles. The Bertz CT molecular complexity index is 429. The van der Waals surface area contributed by atoms with E-state index in [1.807, 2.05) is 0 Å². The third-order valence-electron chi connectivity index (χ3n) is 1.66. The maximum Gasteiger partial charge on any atom is 0.417 e. The van der Waals surface area contributed by atoms with Gasteiger partial charge in [0.1, 0.15) is 0 Å². The number of allylic oxidation sites excluding steroid dienone is 1. The minimum absolute atomic E-state index is 0.0106. The van der Waals surface area contributed by atoms with Crippen molar-refractivity contribution in [1.82, 2.24) is 0 Å². The van der Waals surface area contributed by atoms with E-state index in [9.17, 15) is 13.2 Å². The van der Waals surface area contributed by atoms with Crippen molar-refractivity contribution in [2.45, 2.75) is 6.18 Å². The Balaban J connectivity index is 3.28. The summed E-state index contributed by atoms with van der Waals surface area (Å²) in [5, 5.41) is 8.24. The summed E-state index contributed by atoms with van der Waals surface area (Å²) in [5.41, 5.74) is -0.921. The molecule has 0 fully saturated rings. The van der Waals surface area contributed by atoms with Gasteiger partial charge in [-0.3, -0.25) is 0 Å². The Labute approximate surface area is 89.4 Å². The topological polar surface area (TPSA) is 23.8 Å². The predicted octanol–water partition coefficient (Wildman–Crippen LogP) is 3.90. The molecule has 0 spiro atoms. The van der Waals surface area contributed by atoms with Crippen molar-refractivity contribution in [2.75, 3.05) is 0 Å². The zero-order valence-corrected chi connectivity index (χ0v) is 8.10. The summed E-state index contributed by atoms with van der Waals surface area (Å²) in [7, 11) is 0. The predicted molar refractivity (Wildman–Crippen MR) is 51.1 cm³/mol. The number of nitriles is 1. The lowest BCUT2D eigenvalue weighted by atomic mass is 10.1. The molecule has 0 unspecified atom stereocenters. The van der Waals surface area contributed by atoms with Gasteiger partial charge in [-0.15, -0.1) is 0 Å². The summed E-state index contributed by atoms with van der Waals surface area (Å²) in [6, 6.07) is 5.02. The lowest BCUT2D eigenvalue weighted by molar-refractivity contribution is -0.137. The maximum absolute atomic E-state index is 12.5. The van der Waals surface area contributed by atoms with Gasteiger partial charge in [0.2, 0.25) is 0 Å². The van der Waals surface area contributed by atoms with Gasteiger partial charge in [0.25, 0.3) is 0 Å². The summed E-state index contributed by atoms with van der Waals surface area (Å²) >= 11 is 5.47. The first kappa shape index (κ1) is 11.6. The molecule has 1 nitrogen and oxygen atoms in total. The summed E-state index contributed by atoms with van der Waals surface area (Å²) in [5.74, 6) is 0. The van der Waals surface area contributed by atoms with Crippen molar-refractivity contribution in [3.8, 4) is 6.07 Å². The summed E-state index contributed by atoms with van der Waals surface area (Å²) in [4.78, 5) is 0. The molecule has 0 radical (unpaired) electrons. The van der Waals surface area contributed by atoms with Gasteiger partial charge in [0.05, 0.1) is 11.6 Å². The minimum atomic E-state index is -4.47. The lowest BCUT2D eigenvalue weighted by Gasteiger charge is -2.10. The highest BCUT2D eigenvalue weighted by atomic mass is 35.5. The van der Waals surface area contributed by atoms with Crippen molar-refractivity contribution in [1.29, 1.82) is 5.26 Å². The summed E-state index contributed by atoms with van der Waals surface area (Å²) < 4.78 is 37.4. The molecule has 5 heteroatoms. The number of rotatable bonds is 1. The molecular formula is C10H5ClF3N. The third kappa shape index (κ3) is 3.00. The molecule has 0 bridgehead atoms. The Kier molecular flexibility index (Phi) is 3.38. The molecule has 0 heterocycles. The molecule has 0 N–H and O–H groups in total. The van der Waals surface area contributed by atoms with Gasteiger partial charge in [0.15, 0.2) is 0 Å². The SMILES string of the molecule is N#CC=Cc1ccc(Cl)cc1C(F)(F)F. The molecule has 0 aromatic heterocycles. The van der Waals surface area contributed by atoms with Crippen molar-refractivity contribution in [3.63, 3.8) is 0 Å². The van der Waals surface area contributed by atoms with E-state index in [0.29, 0.717) is 0 Å². The van der Waals surface area contributed by atoms with Crippen molar-refractivity contribution >= 4 is 17.7 Å². The molecule has 78 valence electrons. The second-order valence-corrected chi connectivity index (χ2v) is 3.13. The summed E-state index contributed by atoms with van der Waals surface area (Å²) in [6.07, 6.45) is -2.39. The van der Waals surface area contributed by atoms with Crippen LogP contribution in [-0.4, -0.2) is 0 Å². The van der Waals surface area contributed by atoms with E-state index in [1.165, 1.54) is 12.1 Å². The van der Waals surface area contributed by atoms with Gasteiger partial charge in [-0.25, -0.2) is 0 Å². The van der Waals surface area contributed by atoms with Crippen LogP contribution in [0.4, 0.5) is 13.2 Å². The molecule has 0 saturated heterocycles. The molecule has 0 atom stereocenters. The van der Waals surface area contributed by atoms with Crippen LogP contribution in [0.1, 0.15) is 11.1 Å². The van der Waals surface area contributed by atoms with Gasteiger partial charge >= 0.3 is 6.18 Å². The Morgan fingerprint density at radius 3 is 2.53 bits per heavy atom. The fraction of sp³-hybridized carbons (Fsp3) is 0.100. The van der Waals surface area contributed by atoms with E-state index < -0.39 is 11.7 Å². The zero-order chi connectivity index (χ0) is 11.5. The zero-order valence-electron chi connectivity index (χ0n) is 7.35. The number of hydrogen-bond acceptors (Lipinski definition) is 1. The van der Waals surface area contributed by atoms with Crippen LogP contribution in [0.2, 0.25) is 5.02 Å². The quantitative estimate of drug-likeness (QED) is 0.673. The van der Waals surface area contributed by atoms with Gasteiger partial charge in [-0.2, -0.15) is 18.4 Å². The lowest BCUT2D eigenvalue weighted by Crippen LogP contribution is -2.07. The van der Waals surface area contributed by atoms with Crippen LogP contribution in [-0.2, 0) is 6.18 Å². The number of benzene rings is 1. The molecule has 1 aromatic carbocycles. The van der Waals surface area contributed by atoms with Crippen LogP contribution < -0.4 is 0 Å². The van der Waals surface area contributed by atoms with Crippen LogP contribution >= 0.6 is 11.6 Å². The van der Waals surface area contributed by atoms with Gasteiger partial charge in [-0.1, -0.05) is 17.7 Å². The van der Waals surface area contributed by atoms with Crippen LogP contribution in [0.3, 0.4) is 0 Å². The van der Waals surface area contributed by atoms with E-state index in [4.69, 9.17) is 16.9 Å². The largest absolute Gasteiger partial charge is 0.417 e. The fourth-order valence-corrected chi connectivity index (χ4v) is 1.22. The highest BCUT2D eigenvalue weighted by Crippen LogP contribution is 2.34. The number of halogens is 4. The van der Waals surface area contributed by atoms with Crippen LogP contribution in [0.25, 0.3) is 6.08 Å². The van der Waals surface area contributed by atoms with E-state index in [1.54, 1.807) is 6.07 Å². The van der Waals surface area contributed by atoms with Crippen molar-refractivity contribution in [2.24, 2.45) is 0 Å². The minimum Gasteiger partial charge on any atom is -0.193 e. The first-order valence-corrected chi connectivity index (χ1v) is 4.26. The fourth-order valence-electron chi connectivity index (χ4n) is 1.05. The van der Waals surface area contributed by atoms with Gasteiger partial charge < -0.3 is 0 Å². The van der Waals surface area contributed by atoms with E-state index >= 15 is 0 Å². The second kappa shape index (κ2) is 4.37. The Hall–Kier alpha value is -1.47. The first-order valence-electron chi connectivity index (χ1n) is 3.88. The Morgan fingerprint density at radius 1 is 1.33 bits per heavy atom. The van der Waals surface area contributed by atoms with E-state index in [2.05, 4.69) is 0 Å². The van der Waals surface area contributed by atoms with Crippen LogP contribution in [0.5, 0.6) is 0 Å². The number of hydrogen-bond donors (Lipinski definition) is 0. The molecule has 15 heavy (non-hydrogen) atoms.